The summed E-state index contributed by atoms with van der Waals surface area (Å²) in [5.74, 6) is -7.36. The van der Waals surface area contributed by atoms with Gasteiger partial charge in [-0.3, -0.25) is 47.9 Å². The van der Waals surface area contributed by atoms with Crippen LogP contribution in [0.25, 0.3) is 0 Å². The van der Waals surface area contributed by atoms with Gasteiger partial charge in [0.1, 0.15) is 24.2 Å². The number of hydrogen-bond acceptors (Lipinski definition) is 16. The number of hydrogen-bond donors (Lipinski definition) is 8. The highest BCUT2D eigenvalue weighted by Gasteiger charge is 2.33. The summed E-state index contributed by atoms with van der Waals surface area (Å²) in [4.78, 5) is 151. The molecule has 0 radical (unpaired) electrons. The Bertz CT molecular complexity index is 2800. The van der Waals surface area contributed by atoms with Gasteiger partial charge in [-0.15, -0.1) is 0 Å². The van der Waals surface area contributed by atoms with Gasteiger partial charge in [0.25, 0.3) is 0 Å². The summed E-state index contributed by atoms with van der Waals surface area (Å²) in [6.45, 7) is 6.02. The average molecular weight is 1050 g/mol. The molecule has 10 N–H and O–H groups in total. The number of anilines is 4. The molecular formula is C54H64N8O14. The smallest absolute Gasteiger partial charge is 0.328 e. The van der Waals surface area contributed by atoms with Crippen molar-refractivity contribution in [3.8, 4) is 0 Å². The van der Waals surface area contributed by atoms with Crippen molar-refractivity contribution in [1.82, 2.24) is 21.3 Å². The molecule has 22 nitrogen and oxygen atoms in total. The standard InChI is InChI=1S/C31H38N4O8.C23H26N4O6/c1-5-11-28(39)33-22-15-9-7-13-20(22)26(37)17-24(32-19(3)36)30(41)35-25(31(42)43-4)18-27(38)21-14-8-10-16-23(21)34-29(40)12-6-2;1-13(28)26-18(11-20(29)14-7-3-5-9-16(14)24)22(31)27-19(23(32)33-2)12-21(30)15-8-4-6-10-17(15)25/h7-10,13-16,24-25H,5-6,11-12,17-18H2,1-4H3,(H,32,36)(H,33,39)(H,34,40)(H,35,41);3-10,18-19H,11-12,24-25H2,1-2H3,(H,26,28)(H,27,31). The second kappa shape index (κ2) is 30.8. The zero-order valence-corrected chi connectivity index (χ0v) is 43.1. The summed E-state index contributed by atoms with van der Waals surface area (Å²) < 4.78 is 9.49. The van der Waals surface area contributed by atoms with Crippen molar-refractivity contribution >= 4 is 93.3 Å². The molecule has 4 unspecified atom stereocenters. The monoisotopic (exact) mass is 1050 g/mol. The zero-order valence-electron chi connectivity index (χ0n) is 43.1. The number of benzene rings is 4. The van der Waals surface area contributed by atoms with E-state index >= 15 is 0 Å². The first-order valence-corrected chi connectivity index (χ1v) is 24.0. The molecule has 76 heavy (non-hydrogen) atoms. The van der Waals surface area contributed by atoms with Crippen molar-refractivity contribution in [2.75, 3.05) is 36.3 Å². The molecule has 0 spiro atoms. The molecule has 0 fully saturated rings. The fourth-order valence-electron chi connectivity index (χ4n) is 7.36. The molecule has 4 aromatic rings. The third-order valence-corrected chi connectivity index (χ3v) is 11.0. The molecular weight excluding hydrogens is 985 g/mol. The Balaban J connectivity index is 0.000000414. The Morgan fingerprint density at radius 2 is 0.711 bits per heavy atom. The lowest BCUT2D eigenvalue weighted by molar-refractivity contribution is -0.145. The predicted molar refractivity (Wildman–Crippen MR) is 281 cm³/mol. The van der Waals surface area contributed by atoms with Crippen molar-refractivity contribution in [3.63, 3.8) is 0 Å². The van der Waals surface area contributed by atoms with Crippen molar-refractivity contribution in [3.05, 3.63) is 119 Å². The topological polar surface area (TPSA) is 348 Å². The first-order valence-electron chi connectivity index (χ1n) is 24.0. The van der Waals surface area contributed by atoms with Gasteiger partial charge < -0.3 is 52.8 Å². The van der Waals surface area contributed by atoms with Crippen LogP contribution in [0.4, 0.5) is 22.7 Å². The van der Waals surface area contributed by atoms with Crippen LogP contribution >= 0.6 is 0 Å². The number of amides is 6. The first kappa shape index (κ1) is 61.2. The number of ketones is 4. The number of methoxy groups -OCH3 is 2. The van der Waals surface area contributed by atoms with Gasteiger partial charge in [0.15, 0.2) is 23.1 Å². The Labute approximate surface area is 439 Å². The number of Topliss-reactive ketones (excluding diaryl/α,β-unsaturated/α-hetero) is 4. The van der Waals surface area contributed by atoms with Crippen LogP contribution in [0.1, 0.15) is 120 Å². The third-order valence-electron chi connectivity index (χ3n) is 11.0. The molecule has 404 valence electrons. The zero-order chi connectivity index (χ0) is 56.5. The minimum atomic E-state index is -1.46. The Kier molecular flexibility index (Phi) is 24.8. The van der Waals surface area contributed by atoms with Gasteiger partial charge in [0, 0.05) is 86.0 Å². The number of para-hydroxylation sites is 4. The number of carbonyl (C=O) groups excluding carboxylic acids is 12. The number of ether oxygens (including phenoxy) is 2. The third kappa shape index (κ3) is 19.4. The highest BCUT2D eigenvalue weighted by atomic mass is 16.5. The predicted octanol–water partition coefficient (Wildman–Crippen LogP) is 4.03. The van der Waals surface area contributed by atoms with E-state index < -0.39 is 109 Å². The Hall–Kier alpha value is -9.08. The maximum absolute atomic E-state index is 13.3. The van der Waals surface area contributed by atoms with E-state index in [0.29, 0.717) is 12.8 Å². The summed E-state index contributed by atoms with van der Waals surface area (Å²) in [6, 6.07) is 19.6. The fourth-order valence-corrected chi connectivity index (χ4v) is 7.36. The summed E-state index contributed by atoms with van der Waals surface area (Å²) in [5, 5.41) is 15.0. The number of rotatable bonds is 26. The molecule has 0 saturated heterocycles. The molecule has 0 aliphatic carbocycles. The van der Waals surface area contributed by atoms with E-state index in [-0.39, 0.29) is 69.7 Å². The fraction of sp³-hybridized carbons (Fsp3) is 0.333. The van der Waals surface area contributed by atoms with E-state index in [9.17, 15) is 57.5 Å². The van der Waals surface area contributed by atoms with Crippen molar-refractivity contribution in [2.45, 2.75) is 103 Å². The lowest BCUT2D eigenvalue weighted by Crippen LogP contribution is -2.52. The minimum Gasteiger partial charge on any atom is -0.467 e. The quantitative estimate of drug-likeness (QED) is 0.0250. The molecule has 0 bridgehead atoms. The number of esters is 2. The van der Waals surface area contributed by atoms with Gasteiger partial charge in [-0.25, -0.2) is 9.59 Å². The largest absolute Gasteiger partial charge is 0.467 e. The van der Waals surface area contributed by atoms with Crippen LogP contribution in [0.2, 0.25) is 0 Å². The van der Waals surface area contributed by atoms with Crippen LogP contribution in [0, 0.1) is 0 Å². The van der Waals surface area contributed by atoms with Crippen molar-refractivity contribution < 1.29 is 67.0 Å². The van der Waals surface area contributed by atoms with Crippen molar-refractivity contribution in [1.29, 1.82) is 0 Å². The molecule has 0 aromatic heterocycles. The molecule has 4 rings (SSSR count). The average Bonchev–Trinajstić information content (AvgIpc) is 3.37. The van der Waals surface area contributed by atoms with Crippen LogP contribution in [-0.4, -0.2) is 109 Å². The summed E-state index contributed by atoms with van der Waals surface area (Å²) in [5.41, 5.74) is 13.2. The highest BCUT2D eigenvalue weighted by Crippen LogP contribution is 2.22. The van der Waals surface area contributed by atoms with E-state index in [2.05, 4.69) is 31.9 Å². The number of carbonyl (C=O) groups is 12. The van der Waals surface area contributed by atoms with Gasteiger partial charge in [-0.2, -0.15) is 0 Å². The van der Waals surface area contributed by atoms with Gasteiger partial charge in [0.2, 0.25) is 35.4 Å². The van der Waals surface area contributed by atoms with E-state index in [4.69, 9.17) is 20.9 Å². The van der Waals surface area contributed by atoms with Gasteiger partial charge in [-0.1, -0.05) is 62.4 Å². The Morgan fingerprint density at radius 3 is 1.01 bits per heavy atom. The SMILES string of the molecule is CCCC(=O)Nc1ccccc1C(=O)CC(NC(C)=O)C(=O)NC(CC(=O)c1ccccc1NC(=O)CCC)C(=O)OC.COC(=O)C(CC(=O)c1ccccc1N)NC(=O)C(CC(=O)c1ccccc1N)NC(C)=O. The van der Waals surface area contributed by atoms with Crippen LogP contribution < -0.4 is 43.4 Å². The van der Waals surface area contributed by atoms with Crippen LogP contribution in [-0.2, 0) is 47.8 Å². The lowest BCUT2D eigenvalue weighted by atomic mass is 9.99. The summed E-state index contributed by atoms with van der Waals surface area (Å²) in [7, 11) is 2.19. The Morgan fingerprint density at radius 1 is 0.421 bits per heavy atom. The molecule has 4 aromatic carbocycles. The summed E-state index contributed by atoms with van der Waals surface area (Å²) >= 11 is 0. The molecule has 0 aliphatic rings. The number of nitrogen functional groups attached to an aromatic ring is 2. The highest BCUT2D eigenvalue weighted by molar-refractivity contribution is 6.09. The first-order chi connectivity index (χ1) is 36.1. The lowest BCUT2D eigenvalue weighted by Gasteiger charge is -2.22. The van der Waals surface area contributed by atoms with Gasteiger partial charge in [-0.05, 0) is 61.4 Å². The van der Waals surface area contributed by atoms with E-state index in [1.165, 1.54) is 43.3 Å². The molecule has 6 amide bonds. The molecule has 0 aliphatic heterocycles. The van der Waals surface area contributed by atoms with Crippen LogP contribution in [0.5, 0.6) is 0 Å². The van der Waals surface area contributed by atoms with E-state index in [0.717, 1.165) is 21.1 Å². The van der Waals surface area contributed by atoms with Crippen LogP contribution in [0.15, 0.2) is 97.1 Å². The van der Waals surface area contributed by atoms with Crippen LogP contribution in [0.3, 0.4) is 0 Å². The maximum Gasteiger partial charge on any atom is 0.328 e. The second-order valence-corrected chi connectivity index (χ2v) is 17.0. The van der Waals surface area contributed by atoms with E-state index in [1.807, 2.05) is 13.8 Å². The van der Waals surface area contributed by atoms with Crippen molar-refractivity contribution in [2.24, 2.45) is 0 Å². The number of nitrogens with two attached hydrogens (primary N) is 2. The molecule has 22 heteroatoms. The maximum atomic E-state index is 13.3. The normalized spacial score (nSPS) is 12.0. The minimum absolute atomic E-state index is 0.130. The second-order valence-electron chi connectivity index (χ2n) is 17.0. The summed E-state index contributed by atoms with van der Waals surface area (Å²) in [6.07, 6.45) is -0.144. The molecule has 0 saturated carbocycles. The molecule has 0 heterocycles. The van der Waals surface area contributed by atoms with E-state index in [1.54, 1.807) is 60.7 Å². The molecule has 4 atom stereocenters. The number of nitrogens with one attached hydrogen (secondary N) is 6. The van der Waals surface area contributed by atoms with Gasteiger partial charge in [0.05, 0.1) is 25.6 Å². The van der Waals surface area contributed by atoms with Gasteiger partial charge >= 0.3 is 11.9 Å².